The predicted octanol–water partition coefficient (Wildman–Crippen LogP) is 9.57. The molecule has 9 heteroatoms. The molecule has 270 valence electrons. The molecule has 2 bridgehead atoms. The second kappa shape index (κ2) is 15.0. The van der Waals surface area contributed by atoms with Crippen LogP contribution in [-0.2, 0) is 16.1 Å². The van der Waals surface area contributed by atoms with Crippen LogP contribution in [0.15, 0.2) is 135 Å². The number of nitrogens with zero attached hydrogens (tertiary/aromatic N) is 4. The van der Waals surface area contributed by atoms with Crippen molar-refractivity contribution in [2.24, 2.45) is 0 Å². The summed E-state index contributed by atoms with van der Waals surface area (Å²) in [6.07, 6.45) is 20.6. The molecule has 1 aromatic heterocycles. The highest BCUT2D eigenvalue weighted by Gasteiger charge is 2.42. The monoisotopic (exact) mass is 760 g/mol. The largest absolute Gasteiger partial charge is 0.345 e. The lowest BCUT2D eigenvalue weighted by Crippen LogP contribution is -2.56. The molecule has 53 heavy (non-hydrogen) atoms. The Morgan fingerprint density at radius 3 is 2.09 bits per heavy atom. The standard InChI is InChI=1S/C44H42Cl2N4O2S/c1-6-47-31-20-21-34(45)27(5)12-10-13-30(26-31)36(47)23-18-28-16-17-29(39(28)41-42(51)49(8-3)44(53)50(9-4)43(41)52)19-24-37-33-15-11-14-32-35(46)22-25-38(40(32)33)48(37)7-2/h10-15,18-25H,5-9,16-17,26H2,1-4H3/b12-10-,28-18+,29-19+,30-13+,31-20+,34-21+,36-23+,37-24+. The average Bonchev–Trinajstić information content (AvgIpc) is 3.81. The molecule has 2 aliphatic heterocycles. The lowest BCUT2D eigenvalue weighted by molar-refractivity contribution is -0.133. The van der Waals surface area contributed by atoms with E-state index in [1.807, 2.05) is 44.2 Å². The molecule has 6 nitrogen and oxygen atoms in total. The minimum Gasteiger partial charge on any atom is -0.345 e. The number of carbonyl (C=O) groups is 2. The first kappa shape index (κ1) is 36.7. The summed E-state index contributed by atoms with van der Waals surface area (Å²) in [5.74, 6) is -0.697. The Morgan fingerprint density at radius 1 is 0.774 bits per heavy atom. The summed E-state index contributed by atoms with van der Waals surface area (Å²) in [6, 6.07) is 10.3. The van der Waals surface area contributed by atoms with Crippen LogP contribution in [0.3, 0.4) is 0 Å². The van der Waals surface area contributed by atoms with Crippen molar-refractivity contribution < 1.29 is 9.59 Å². The van der Waals surface area contributed by atoms with Crippen molar-refractivity contribution in [3.8, 4) is 0 Å². The van der Waals surface area contributed by atoms with E-state index in [2.05, 4.69) is 84.5 Å². The van der Waals surface area contributed by atoms with Gasteiger partial charge in [-0.3, -0.25) is 19.4 Å². The number of aromatic nitrogens is 1. The molecule has 3 heterocycles. The van der Waals surface area contributed by atoms with E-state index in [-0.39, 0.29) is 22.5 Å². The van der Waals surface area contributed by atoms with E-state index in [4.69, 9.17) is 35.4 Å². The van der Waals surface area contributed by atoms with Crippen molar-refractivity contribution in [1.82, 2.24) is 19.3 Å². The van der Waals surface area contributed by atoms with E-state index in [1.54, 1.807) is 0 Å². The van der Waals surface area contributed by atoms with Gasteiger partial charge in [0.25, 0.3) is 11.8 Å². The molecular weight excluding hydrogens is 719 g/mol. The van der Waals surface area contributed by atoms with Crippen LogP contribution in [0.25, 0.3) is 27.8 Å². The molecule has 0 N–H and O–H groups in total. The molecule has 2 aromatic carbocycles. The van der Waals surface area contributed by atoms with Gasteiger partial charge in [0.15, 0.2) is 5.11 Å². The number of halogens is 2. The maximum atomic E-state index is 14.3. The summed E-state index contributed by atoms with van der Waals surface area (Å²) in [7, 11) is 0. The maximum absolute atomic E-state index is 14.3. The summed E-state index contributed by atoms with van der Waals surface area (Å²) in [5.41, 5.74) is 8.00. The van der Waals surface area contributed by atoms with Gasteiger partial charge >= 0.3 is 0 Å². The topological polar surface area (TPSA) is 48.8 Å². The molecule has 1 saturated carbocycles. The average molecular weight is 762 g/mol. The Bertz CT molecular complexity index is 2410. The fourth-order valence-corrected chi connectivity index (χ4v) is 8.76. The number of amides is 2. The first-order valence-corrected chi connectivity index (χ1v) is 19.4. The van der Waals surface area contributed by atoms with E-state index in [0.29, 0.717) is 36.5 Å². The molecule has 2 saturated heterocycles. The molecule has 3 fully saturated rings. The zero-order valence-corrected chi connectivity index (χ0v) is 32.8. The first-order chi connectivity index (χ1) is 25.6. The third kappa shape index (κ3) is 6.29. The van der Waals surface area contributed by atoms with Gasteiger partial charge in [0.1, 0.15) is 5.57 Å². The number of fused-ring (bicyclic) bond motifs is 2. The van der Waals surface area contributed by atoms with Crippen LogP contribution >= 0.6 is 35.4 Å². The van der Waals surface area contributed by atoms with Crippen LogP contribution in [0.5, 0.6) is 0 Å². The van der Waals surface area contributed by atoms with E-state index in [0.717, 1.165) is 85.2 Å². The third-order valence-corrected chi connectivity index (χ3v) is 11.7. The smallest absolute Gasteiger partial charge is 0.266 e. The number of likely N-dealkylation sites (N-methyl/N-ethyl adjacent to an activating group) is 3. The number of hydrogen-bond donors (Lipinski definition) is 0. The molecule has 4 aliphatic rings. The quantitative estimate of drug-likeness (QED) is 0.143. The molecule has 0 spiro atoms. The fourth-order valence-electron chi connectivity index (χ4n) is 7.99. The van der Waals surface area contributed by atoms with E-state index in [1.165, 1.54) is 9.80 Å². The zero-order chi connectivity index (χ0) is 37.6. The number of likely N-dealkylation sites (tertiary alicyclic amines) is 1. The first-order valence-electron chi connectivity index (χ1n) is 18.3. The molecule has 2 aliphatic carbocycles. The van der Waals surface area contributed by atoms with Crippen molar-refractivity contribution in [2.45, 2.75) is 53.5 Å². The zero-order valence-electron chi connectivity index (χ0n) is 30.5. The van der Waals surface area contributed by atoms with Gasteiger partial charge in [-0.1, -0.05) is 78.4 Å². The van der Waals surface area contributed by atoms with Crippen LogP contribution in [0.4, 0.5) is 0 Å². The van der Waals surface area contributed by atoms with E-state index in [9.17, 15) is 9.59 Å². The van der Waals surface area contributed by atoms with Crippen molar-refractivity contribution in [3.63, 3.8) is 0 Å². The van der Waals surface area contributed by atoms with Gasteiger partial charge in [0.05, 0.1) is 0 Å². The number of carbonyl (C=O) groups excluding carboxylic acids is 2. The highest BCUT2D eigenvalue weighted by atomic mass is 35.5. The van der Waals surface area contributed by atoms with Gasteiger partial charge in [-0.15, -0.1) is 0 Å². The van der Waals surface area contributed by atoms with Gasteiger partial charge in [-0.2, -0.15) is 0 Å². The number of aryl methyl sites for hydroxylation is 1. The fraction of sp³-hybridized carbons (Fsp3) is 0.250. The van der Waals surface area contributed by atoms with Crippen LogP contribution in [0.1, 0.15) is 47.0 Å². The second-order valence-electron chi connectivity index (χ2n) is 13.3. The maximum Gasteiger partial charge on any atom is 0.266 e. The lowest BCUT2D eigenvalue weighted by atomic mass is 9.95. The summed E-state index contributed by atoms with van der Waals surface area (Å²) >= 11 is 18.8. The SMILES string of the molecule is C=C1\C=C/C=C2\C/C(=C\C=C/1Cl)N(CC)\C2=C\C=C1/CC/C(=C\C=c2/c3cccc4c(Cl)ccc(c43)n2CC)C1=C1C(=O)N(CC)C(=S)N(CC)C1=O. The van der Waals surface area contributed by atoms with Crippen LogP contribution in [0, 0.1) is 0 Å². The molecule has 0 atom stereocenters. The van der Waals surface area contributed by atoms with Crippen molar-refractivity contribution in [3.05, 3.63) is 146 Å². The molecule has 3 aromatic rings. The van der Waals surface area contributed by atoms with Crippen molar-refractivity contribution >= 4 is 80.1 Å². The highest BCUT2D eigenvalue weighted by molar-refractivity contribution is 7.80. The van der Waals surface area contributed by atoms with Gasteiger partial charge in [-0.05, 0) is 117 Å². The molecule has 0 unspecified atom stereocenters. The highest BCUT2D eigenvalue weighted by Crippen LogP contribution is 2.42. The predicted molar refractivity (Wildman–Crippen MR) is 223 cm³/mol. The Hall–Kier alpha value is -4.69. The minimum atomic E-state index is -0.349. The number of rotatable bonds is 6. The molecule has 7 rings (SSSR count). The van der Waals surface area contributed by atoms with Crippen LogP contribution in [0.2, 0.25) is 5.02 Å². The lowest BCUT2D eigenvalue weighted by Gasteiger charge is -2.36. The number of allylic oxidation sites excluding steroid dienone is 15. The normalized spacial score (nSPS) is 24.7. The van der Waals surface area contributed by atoms with Crippen molar-refractivity contribution in [1.29, 1.82) is 0 Å². The van der Waals surface area contributed by atoms with Gasteiger partial charge in [0.2, 0.25) is 0 Å². The van der Waals surface area contributed by atoms with E-state index < -0.39 is 0 Å². The van der Waals surface area contributed by atoms with Gasteiger partial charge < -0.3 is 9.47 Å². The van der Waals surface area contributed by atoms with E-state index >= 15 is 0 Å². The number of thiocarbonyl (C=S) groups is 1. The second-order valence-corrected chi connectivity index (χ2v) is 14.5. The number of hydrogen-bond acceptors (Lipinski definition) is 4. The Labute approximate surface area is 326 Å². The van der Waals surface area contributed by atoms with Crippen LogP contribution < -0.4 is 5.35 Å². The summed E-state index contributed by atoms with van der Waals surface area (Å²) in [4.78, 5) is 33.9. The summed E-state index contributed by atoms with van der Waals surface area (Å²) in [5, 5.41) is 5.90. The van der Waals surface area contributed by atoms with Gasteiger partial charge in [-0.25, -0.2) is 0 Å². The third-order valence-electron chi connectivity index (χ3n) is 10.6. The van der Waals surface area contributed by atoms with Crippen LogP contribution in [-0.4, -0.2) is 55.8 Å². The van der Waals surface area contributed by atoms with Crippen molar-refractivity contribution in [2.75, 3.05) is 19.6 Å². The Kier molecular flexibility index (Phi) is 10.4. The summed E-state index contributed by atoms with van der Waals surface area (Å²) < 4.78 is 2.29. The Balaban J connectivity index is 1.44. The summed E-state index contributed by atoms with van der Waals surface area (Å²) in [6.45, 7) is 14.4. The molecule has 0 radical (unpaired) electrons. The number of benzene rings is 2. The van der Waals surface area contributed by atoms with Gasteiger partial charge in [0, 0.05) is 81.1 Å². The Morgan fingerprint density at radius 2 is 1.43 bits per heavy atom. The molecule has 2 amide bonds. The molecular formula is C44H42Cl2N4O2S. The minimum absolute atomic E-state index is 0.173.